The zero-order valence-electron chi connectivity index (χ0n) is 17.0. The van der Waals surface area contributed by atoms with Gasteiger partial charge in [0.2, 0.25) is 5.91 Å². The molecule has 0 saturated carbocycles. The Morgan fingerprint density at radius 3 is 2.66 bits per heavy atom. The summed E-state index contributed by atoms with van der Waals surface area (Å²) < 4.78 is 0. The van der Waals surface area contributed by atoms with Crippen LogP contribution in [0.25, 0.3) is 11.3 Å². The van der Waals surface area contributed by atoms with Crippen molar-refractivity contribution in [3.63, 3.8) is 0 Å². The number of aromatic amines is 1. The number of likely N-dealkylation sites (N-methyl/N-ethyl adjacent to an activating group) is 1. The fourth-order valence-corrected chi connectivity index (χ4v) is 3.79. The van der Waals surface area contributed by atoms with Crippen molar-refractivity contribution in [2.24, 2.45) is 0 Å². The van der Waals surface area contributed by atoms with Gasteiger partial charge in [0.05, 0.1) is 12.2 Å². The minimum atomic E-state index is -0.0669. The zero-order valence-corrected chi connectivity index (χ0v) is 17.8. The maximum absolute atomic E-state index is 12.9. The first-order chi connectivity index (χ1) is 14.0. The number of rotatable bonds is 6. The van der Waals surface area contributed by atoms with Gasteiger partial charge >= 0.3 is 0 Å². The lowest BCUT2D eigenvalue weighted by Crippen LogP contribution is -2.42. The predicted molar refractivity (Wildman–Crippen MR) is 114 cm³/mol. The summed E-state index contributed by atoms with van der Waals surface area (Å²) in [5, 5.41) is 7.75. The van der Waals surface area contributed by atoms with E-state index in [1.807, 2.05) is 41.8 Å². The molecule has 0 unspecified atom stereocenters. The number of amides is 2. The van der Waals surface area contributed by atoms with Gasteiger partial charge in [0, 0.05) is 49.9 Å². The maximum atomic E-state index is 12.9. The third-order valence-electron chi connectivity index (χ3n) is 5.28. The molecule has 0 radical (unpaired) electrons. The van der Waals surface area contributed by atoms with Gasteiger partial charge in [-0.25, -0.2) is 0 Å². The third kappa shape index (κ3) is 5.36. The maximum Gasteiger partial charge on any atom is 0.271 e. The van der Waals surface area contributed by atoms with Gasteiger partial charge in [-0.15, -0.1) is 0 Å². The Bertz CT molecular complexity index is 849. The van der Waals surface area contributed by atoms with E-state index in [2.05, 4.69) is 15.1 Å². The number of hydrogen-bond acceptors (Lipinski definition) is 4. The Morgan fingerprint density at radius 2 is 1.93 bits per heavy atom. The van der Waals surface area contributed by atoms with Crippen molar-refractivity contribution in [1.29, 1.82) is 0 Å². The summed E-state index contributed by atoms with van der Waals surface area (Å²) in [4.78, 5) is 31.1. The lowest BCUT2D eigenvalue weighted by Gasteiger charge is -2.25. The second-order valence-corrected chi connectivity index (χ2v) is 7.60. The second kappa shape index (κ2) is 9.89. The van der Waals surface area contributed by atoms with Crippen LogP contribution >= 0.6 is 11.6 Å². The highest BCUT2D eigenvalue weighted by atomic mass is 35.5. The summed E-state index contributed by atoms with van der Waals surface area (Å²) in [6.45, 7) is 8.61. The molecule has 1 aromatic carbocycles. The molecule has 2 amide bonds. The molecule has 0 bridgehead atoms. The molecule has 1 fully saturated rings. The van der Waals surface area contributed by atoms with Gasteiger partial charge in [-0.1, -0.05) is 23.7 Å². The van der Waals surface area contributed by atoms with Gasteiger partial charge in [0.1, 0.15) is 5.69 Å². The molecule has 1 aliphatic rings. The molecule has 0 aliphatic carbocycles. The minimum Gasteiger partial charge on any atom is -0.342 e. The summed E-state index contributed by atoms with van der Waals surface area (Å²) in [5.74, 6) is 0.0807. The number of hydrogen-bond donors (Lipinski definition) is 1. The van der Waals surface area contributed by atoms with Crippen molar-refractivity contribution in [2.75, 3.05) is 45.8 Å². The van der Waals surface area contributed by atoms with Gasteiger partial charge in [-0.2, -0.15) is 5.10 Å². The van der Waals surface area contributed by atoms with Crippen LogP contribution in [-0.4, -0.2) is 82.5 Å². The standard InChI is InChI=1S/C21H28ClN5O2/c1-3-26(4-2)20(28)15-25-9-6-10-27(12-11-25)21(29)19-14-18(23-24-19)16-7-5-8-17(22)13-16/h5,7-8,13-14H,3-4,6,9-12,15H2,1-2H3,(H,23,24). The summed E-state index contributed by atoms with van der Waals surface area (Å²) in [7, 11) is 0. The Hall–Kier alpha value is -2.38. The van der Waals surface area contributed by atoms with Crippen LogP contribution in [0.2, 0.25) is 5.02 Å². The van der Waals surface area contributed by atoms with Crippen LogP contribution in [-0.2, 0) is 4.79 Å². The first-order valence-electron chi connectivity index (χ1n) is 10.1. The lowest BCUT2D eigenvalue weighted by atomic mass is 10.1. The molecule has 1 saturated heterocycles. The smallest absolute Gasteiger partial charge is 0.271 e. The third-order valence-corrected chi connectivity index (χ3v) is 5.51. The first-order valence-corrected chi connectivity index (χ1v) is 10.5. The van der Waals surface area contributed by atoms with E-state index in [4.69, 9.17) is 11.6 Å². The van der Waals surface area contributed by atoms with Crippen LogP contribution in [0.3, 0.4) is 0 Å². The zero-order chi connectivity index (χ0) is 20.8. The monoisotopic (exact) mass is 417 g/mol. The summed E-state index contributed by atoms with van der Waals surface area (Å²) in [5.41, 5.74) is 2.02. The van der Waals surface area contributed by atoms with Gasteiger partial charge in [-0.3, -0.25) is 19.6 Å². The van der Waals surface area contributed by atoms with Gasteiger partial charge < -0.3 is 9.80 Å². The molecular weight excluding hydrogens is 390 g/mol. The average molecular weight is 418 g/mol. The fraction of sp³-hybridized carbons (Fsp3) is 0.476. The van der Waals surface area contributed by atoms with Crippen molar-refractivity contribution in [3.05, 3.63) is 41.0 Å². The molecule has 7 nitrogen and oxygen atoms in total. The molecule has 0 spiro atoms. The molecule has 2 aromatic rings. The molecular formula is C21H28ClN5O2. The van der Waals surface area contributed by atoms with Gasteiger partial charge in [-0.05, 0) is 38.5 Å². The van der Waals surface area contributed by atoms with E-state index in [-0.39, 0.29) is 11.8 Å². The van der Waals surface area contributed by atoms with Crippen LogP contribution in [0.15, 0.2) is 30.3 Å². The number of benzene rings is 1. The summed E-state index contributed by atoms with van der Waals surface area (Å²) >= 11 is 6.05. The molecule has 29 heavy (non-hydrogen) atoms. The number of aromatic nitrogens is 2. The predicted octanol–water partition coefficient (Wildman–Crippen LogP) is 2.75. The SMILES string of the molecule is CCN(CC)C(=O)CN1CCCN(C(=O)c2cc(-c3cccc(Cl)c3)n[nH]2)CC1. The molecule has 8 heteroatoms. The van der Waals surface area contributed by atoms with Crippen LogP contribution in [0.1, 0.15) is 30.8 Å². The molecule has 0 atom stereocenters. The largest absolute Gasteiger partial charge is 0.342 e. The first kappa shape index (κ1) is 21.3. The Balaban J connectivity index is 1.60. The van der Waals surface area contributed by atoms with Crippen LogP contribution in [0.4, 0.5) is 0 Å². The van der Waals surface area contributed by atoms with E-state index in [1.165, 1.54) is 0 Å². The number of nitrogens with zero attached hydrogens (tertiary/aromatic N) is 4. The van der Waals surface area contributed by atoms with Gasteiger partial charge in [0.25, 0.3) is 5.91 Å². The van der Waals surface area contributed by atoms with E-state index >= 15 is 0 Å². The van der Waals surface area contributed by atoms with E-state index < -0.39 is 0 Å². The van der Waals surface area contributed by atoms with Crippen LogP contribution in [0, 0.1) is 0 Å². The minimum absolute atomic E-state index is 0.0669. The molecule has 1 aliphatic heterocycles. The van der Waals surface area contributed by atoms with Crippen molar-refractivity contribution >= 4 is 23.4 Å². The van der Waals surface area contributed by atoms with E-state index in [0.29, 0.717) is 42.6 Å². The Labute approximate surface area is 176 Å². The van der Waals surface area contributed by atoms with Crippen LogP contribution in [0.5, 0.6) is 0 Å². The number of halogens is 1. The number of H-pyrrole nitrogens is 1. The molecule has 1 aromatic heterocycles. The summed E-state index contributed by atoms with van der Waals surface area (Å²) in [6.07, 6.45) is 0.840. The molecule has 1 N–H and O–H groups in total. The van der Waals surface area contributed by atoms with E-state index in [9.17, 15) is 9.59 Å². The molecule has 156 valence electrons. The highest BCUT2D eigenvalue weighted by molar-refractivity contribution is 6.30. The molecule has 2 heterocycles. The Morgan fingerprint density at radius 1 is 1.14 bits per heavy atom. The van der Waals surface area contributed by atoms with E-state index in [1.54, 1.807) is 12.1 Å². The highest BCUT2D eigenvalue weighted by Gasteiger charge is 2.23. The van der Waals surface area contributed by atoms with Crippen molar-refractivity contribution in [3.8, 4) is 11.3 Å². The fourth-order valence-electron chi connectivity index (χ4n) is 3.60. The summed E-state index contributed by atoms with van der Waals surface area (Å²) in [6, 6.07) is 9.16. The number of carbonyl (C=O) groups is 2. The number of carbonyl (C=O) groups excluding carboxylic acids is 2. The topological polar surface area (TPSA) is 72.5 Å². The van der Waals surface area contributed by atoms with Crippen LogP contribution < -0.4 is 0 Å². The quantitative estimate of drug-likeness (QED) is 0.784. The van der Waals surface area contributed by atoms with Crippen molar-refractivity contribution in [1.82, 2.24) is 24.9 Å². The molecule has 3 rings (SSSR count). The van der Waals surface area contributed by atoms with Crippen molar-refractivity contribution in [2.45, 2.75) is 20.3 Å². The number of nitrogens with one attached hydrogen (secondary N) is 1. The average Bonchev–Trinajstić information content (AvgIpc) is 3.10. The second-order valence-electron chi connectivity index (χ2n) is 7.17. The highest BCUT2D eigenvalue weighted by Crippen LogP contribution is 2.22. The Kier molecular flexibility index (Phi) is 7.28. The lowest BCUT2D eigenvalue weighted by molar-refractivity contribution is -0.132. The van der Waals surface area contributed by atoms with Gasteiger partial charge in [0.15, 0.2) is 0 Å². The van der Waals surface area contributed by atoms with E-state index in [0.717, 1.165) is 31.6 Å². The normalized spacial score (nSPS) is 15.2. The van der Waals surface area contributed by atoms with Crippen molar-refractivity contribution < 1.29 is 9.59 Å².